The highest BCUT2D eigenvalue weighted by molar-refractivity contribution is 7.89. The van der Waals surface area contributed by atoms with Crippen LogP contribution in [0.3, 0.4) is 0 Å². The molecule has 1 heterocycles. The first kappa shape index (κ1) is 16.3. The third-order valence-corrected chi connectivity index (χ3v) is 5.42. The quantitative estimate of drug-likeness (QED) is 0.842. The molecule has 1 unspecified atom stereocenters. The summed E-state index contributed by atoms with van der Waals surface area (Å²) in [5.41, 5.74) is 0.934. The second-order valence-corrected chi connectivity index (χ2v) is 7.30. The van der Waals surface area contributed by atoms with E-state index in [0.29, 0.717) is 17.5 Å². The highest BCUT2D eigenvalue weighted by Crippen LogP contribution is 2.16. The fourth-order valence-corrected chi connectivity index (χ4v) is 3.72. The molecule has 1 aliphatic rings. The predicted molar refractivity (Wildman–Crippen MR) is 86.1 cm³/mol. The average molecular weight is 311 g/mol. The Morgan fingerprint density at radius 1 is 1.24 bits per heavy atom. The van der Waals surface area contributed by atoms with E-state index in [0.717, 1.165) is 25.2 Å². The van der Waals surface area contributed by atoms with Crippen molar-refractivity contribution in [3.63, 3.8) is 0 Å². The molecule has 1 aliphatic heterocycles. The van der Waals surface area contributed by atoms with E-state index in [2.05, 4.69) is 22.0 Å². The number of likely N-dealkylation sites (tertiary alicyclic amines) is 1. The van der Waals surface area contributed by atoms with Crippen LogP contribution in [0.1, 0.15) is 26.2 Å². The number of hydrogen-bond donors (Lipinski definition) is 2. The molecule has 0 radical (unpaired) electrons. The lowest BCUT2D eigenvalue weighted by Gasteiger charge is -2.32. The normalized spacial score (nSPS) is 20.4. The third kappa shape index (κ3) is 4.43. The molecule has 0 spiro atoms. The van der Waals surface area contributed by atoms with Gasteiger partial charge in [-0.2, -0.15) is 0 Å². The Kier molecular flexibility index (Phi) is 5.61. The molecular weight excluding hydrogens is 286 g/mol. The van der Waals surface area contributed by atoms with Crippen molar-refractivity contribution in [3.05, 3.63) is 24.3 Å². The van der Waals surface area contributed by atoms with Crippen molar-refractivity contribution in [3.8, 4) is 0 Å². The number of hydrogen-bond acceptors (Lipinski definition) is 4. The van der Waals surface area contributed by atoms with Crippen LogP contribution in [-0.2, 0) is 10.0 Å². The molecule has 1 aromatic rings. The summed E-state index contributed by atoms with van der Waals surface area (Å²) in [6, 6.07) is 7.18. The summed E-state index contributed by atoms with van der Waals surface area (Å²) >= 11 is 0. The fourth-order valence-electron chi connectivity index (χ4n) is 2.65. The smallest absolute Gasteiger partial charge is 0.240 e. The van der Waals surface area contributed by atoms with Crippen LogP contribution in [-0.4, -0.2) is 46.0 Å². The molecule has 21 heavy (non-hydrogen) atoms. The van der Waals surface area contributed by atoms with E-state index in [1.165, 1.54) is 12.8 Å². The molecule has 0 saturated carbocycles. The van der Waals surface area contributed by atoms with Gasteiger partial charge in [0.2, 0.25) is 10.0 Å². The lowest BCUT2D eigenvalue weighted by atomic mass is 10.0. The molecule has 1 fully saturated rings. The largest absolute Gasteiger partial charge is 0.385 e. The maximum absolute atomic E-state index is 12.3. The van der Waals surface area contributed by atoms with Crippen LogP contribution in [0.4, 0.5) is 5.69 Å². The van der Waals surface area contributed by atoms with E-state index in [1.807, 2.05) is 6.92 Å². The second-order valence-electron chi connectivity index (χ2n) is 5.54. The molecule has 0 amide bonds. The summed E-state index contributed by atoms with van der Waals surface area (Å²) in [7, 11) is -1.36. The number of likely N-dealkylation sites (N-methyl/N-ethyl adjacent to an activating group) is 1. The Morgan fingerprint density at radius 2 is 1.95 bits per heavy atom. The van der Waals surface area contributed by atoms with Gasteiger partial charge in [-0.3, -0.25) is 0 Å². The lowest BCUT2D eigenvalue weighted by Crippen LogP contribution is -2.44. The highest BCUT2D eigenvalue weighted by atomic mass is 32.2. The molecule has 0 aliphatic carbocycles. The van der Waals surface area contributed by atoms with E-state index >= 15 is 0 Å². The van der Waals surface area contributed by atoms with Gasteiger partial charge in [0, 0.05) is 24.8 Å². The summed E-state index contributed by atoms with van der Waals surface area (Å²) in [6.07, 6.45) is 3.43. The lowest BCUT2D eigenvalue weighted by molar-refractivity contribution is 0.187. The number of nitrogens with zero attached hydrogens (tertiary/aromatic N) is 1. The molecule has 1 saturated heterocycles. The third-order valence-electron chi connectivity index (χ3n) is 3.98. The highest BCUT2D eigenvalue weighted by Gasteiger charge is 2.21. The van der Waals surface area contributed by atoms with Crippen molar-refractivity contribution in [1.82, 2.24) is 9.62 Å². The topological polar surface area (TPSA) is 61.4 Å². The van der Waals surface area contributed by atoms with Gasteiger partial charge in [0.25, 0.3) is 0 Å². The number of sulfonamides is 1. The number of rotatable bonds is 6. The zero-order chi connectivity index (χ0) is 15.3. The summed E-state index contributed by atoms with van der Waals surface area (Å²) < 4.78 is 27.3. The monoisotopic (exact) mass is 311 g/mol. The average Bonchev–Trinajstić information content (AvgIpc) is 2.47. The van der Waals surface area contributed by atoms with Crippen LogP contribution >= 0.6 is 0 Å². The molecule has 5 nitrogen and oxygen atoms in total. The van der Waals surface area contributed by atoms with Gasteiger partial charge in [-0.25, -0.2) is 13.1 Å². The SMILES string of the molecule is CCNc1ccc(S(=O)(=O)NCC2CCCCN2C)cc1. The van der Waals surface area contributed by atoms with Crippen molar-refractivity contribution >= 4 is 15.7 Å². The van der Waals surface area contributed by atoms with Gasteiger partial charge in [-0.05, 0) is 57.6 Å². The van der Waals surface area contributed by atoms with Crippen LogP contribution in [0.15, 0.2) is 29.2 Å². The van der Waals surface area contributed by atoms with Gasteiger partial charge in [-0.15, -0.1) is 0 Å². The maximum Gasteiger partial charge on any atom is 0.240 e. The van der Waals surface area contributed by atoms with Gasteiger partial charge in [0.15, 0.2) is 0 Å². The van der Waals surface area contributed by atoms with Gasteiger partial charge in [0.1, 0.15) is 0 Å². The Balaban J connectivity index is 1.97. The Labute approximate surface area is 127 Å². The fraction of sp³-hybridized carbons (Fsp3) is 0.600. The zero-order valence-electron chi connectivity index (χ0n) is 12.8. The summed E-state index contributed by atoms with van der Waals surface area (Å²) in [5.74, 6) is 0. The Bertz CT molecular complexity index is 543. The van der Waals surface area contributed by atoms with Gasteiger partial charge >= 0.3 is 0 Å². The molecule has 2 rings (SSSR count). The minimum atomic E-state index is -3.42. The van der Waals surface area contributed by atoms with Gasteiger partial charge in [-0.1, -0.05) is 6.42 Å². The minimum absolute atomic E-state index is 0.301. The van der Waals surface area contributed by atoms with Gasteiger partial charge in [0.05, 0.1) is 4.90 Å². The summed E-state index contributed by atoms with van der Waals surface area (Å²) in [4.78, 5) is 2.56. The molecule has 1 atom stereocenters. The van der Waals surface area contributed by atoms with E-state index in [-0.39, 0.29) is 0 Å². The number of nitrogens with one attached hydrogen (secondary N) is 2. The standard InChI is InChI=1S/C15H25N3O2S/c1-3-16-13-7-9-15(10-8-13)21(19,20)17-12-14-6-4-5-11-18(14)2/h7-10,14,16-17H,3-6,11-12H2,1-2H3. The maximum atomic E-state index is 12.3. The molecule has 0 aromatic heterocycles. The second kappa shape index (κ2) is 7.24. The Hall–Kier alpha value is -1.11. The molecule has 118 valence electrons. The van der Waals surface area contributed by atoms with Crippen LogP contribution in [0, 0.1) is 0 Å². The first-order valence-corrected chi connectivity index (χ1v) is 9.05. The van der Waals surface area contributed by atoms with Crippen molar-refractivity contribution in [1.29, 1.82) is 0 Å². The van der Waals surface area contributed by atoms with E-state index in [9.17, 15) is 8.42 Å². The molecule has 6 heteroatoms. The van der Waals surface area contributed by atoms with Crippen molar-refractivity contribution in [2.24, 2.45) is 0 Å². The number of anilines is 1. The van der Waals surface area contributed by atoms with Gasteiger partial charge < -0.3 is 10.2 Å². The van der Waals surface area contributed by atoms with Crippen molar-refractivity contribution in [2.75, 3.05) is 32.0 Å². The van der Waals surface area contributed by atoms with E-state index < -0.39 is 10.0 Å². The van der Waals surface area contributed by atoms with Crippen molar-refractivity contribution in [2.45, 2.75) is 37.1 Å². The van der Waals surface area contributed by atoms with Crippen LogP contribution < -0.4 is 10.0 Å². The first-order chi connectivity index (χ1) is 10.0. The molecule has 0 bridgehead atoms. The molecular formula is C15H25N3O2S. The van der Waals surface area contributed by atoms with Crippen LogP contribution in [0.5, 0.6) is 0 Å². The molecule has 2 N–H and O–H groups in total. The number of piperidine rings is 1. The Morgan fingerprint density at radius 3 is 2.57 bits per heavy atom. The molecule has 1 aromatic carbocycles. The van der Waals surface area contributed by atoms with Crippen LogP contribution in [0.2, 0.25) is 0 Å². The van der Waals surface area contributed by atoms with Crippen molar-refractivity contribution < 1.29 is 8.42 Å². The minimum Gasteiger partial charge on any atom is -0.385 e. The number of benzene rings is 1. The summed E-state index contributed by atoms with van der Waals surface area (Å²) in [6.45, 7) is 4.35. The predicted octanol–water partition coefficient (Wildman–Crippen LogP) is 1.88. The summed E-state index contributed by atoms with van der Waals surface area (Å²) in [5, 5.41) is 3.15. The first-order valence-electron chi connectivity index (χ1n) is 7.57. The van der Waals surface area contributed by atoms with Crippen LogP contribution in [0.25, 0.3) is 0 Å². The van der Waals surface area contributed by atoms with E-state index in [4.69, 9.17) is 0 Å². The van der Waals surface area contributed by atoms with E-state index in [1.54, 1.807) is 24.3 Å². The zero-order valence-corrected chi connectivity index (χ0v) is 13.6.